The molecule has 2 fully saturated rings. The first-order chi connectivity index (χ1) is 9.95. The van der Waals surface area contributed by atoms with E-state index in [0.717, 1.165) is 11.8 Å². The lowest BCUT2D eigenvalue weighted by atomic mass is 9.94. The number of rotatable bonds is 5. The van der Waals surface area contributed by atoms with Crippen molar-refractivity contribution in [3.8, 4) is 0 Å². The van der Waals surface area contributed by atoms with Crippen molar-refractivity contribution in [2.45, 2.75) is 45.3 Å². The fourth-order valence-electron chi connectivity index (χ4n) is 2.75. The van der Waals surface area contributed by atoms with Crippen molar-refractivity contribution in [1.29, 1.82) is 0 Å². The summed E-state index contributed by atoms with van der Waals surface area (Å²) < 4.78 is 10.2. The molecule has 0 spiro atoms. The molecule has 6 nitrogen and oxygen atoms in total. The highest BCUT2D eigenvalue weighted by Gasteiger charge is 2.47. The number of cyclic esters (lactones) is 2. The maximum Gasteiger partial charge on any atom is 0.416 e. The standard InChI is InChI=1S/C14H20BrNO5/c1-8(2)10-7-20-14(19)16(10)13(18)9-6-12(17)21-11(9)4-3-5-15/h8-11H,3-7H2,1-2H3/t9-,10+,11+/m0/s1. The zero-order chi connectivity index (χ0) is 15.6. The molecule has 0 unspecified atom stereocenters. The van der Waals surface area contributed by atoms with Crippen LogP contribution < -0.4 is 0 Å². The Hall–Kier alpha value is -1.11. The molecule has 7 heteroatoms. The summed E-state index contributed by atoms with van der Waals surface area (Å²) in [7, 11) is 0. The van der Waals surface area contributed by atoms with E-state index in [1.54, 1.807) is 0 Å². The van der Waals surface area contributed by atoms with Gasteiger partial charge in [-0.05, 0) is 18.8 Å². The molecule has 0 radical (unpaired) electrons. The van der Waals surface area contributed by atoms with Crippen LogP contribution in [0.15, 0.2) is 0 Å². The van der Waals surface area contributed by atoms with Gasteiger partial charge in [0.25, 0.3) is 0 Å². The number of halogens is 1. The van der Waals surface area contributed by atoms with E-state index in [9.17, 15) is 14.4 Å². The number of esters is 1. The molecular formula is C14H20BrNO5. The molecule has 0 aliphatic carbocycles. The molecule has 2 amide bonds. The zero-order valence-corrected chi connectivity index (χ0v) is 13.8. The second-order valence-electron chi connectivity index (χ2n) is 5.77. The lowest BCUT2D eigenvalue weighted by Crippen LogP contribution is -2.46. The van der Waals surface area contributed by atoms with E-state index in [4.69, 9.17) is 9.47 Å². The average molecular weight is 362 g/mol. The van der Waals surface area contributed by atoms with Gasteiger partial charge in [-0.1, -0.05) is 29.8 Å². The van der Waals surface area contributed by atoms with Crippen molar-refractivity contribution in [2.24, 2.45) is 11.8 Å². The van der Waals surface area contributed by atoms with E-state index >= 15 is 0 Å². The molecule has 0 N–H and O–H groups in total. The Morgan fingerprint density at radius 1 is 1.43 bits per heavy atom. The third-order valence-electron chi connectivity index (χ3n) is 3.97. The summed E-state index contributed by atoms with van der Waals surface area (Å²) in [4.78, 5) is 37.2. The van der Waals surface area contributed by atoms with Crippen LogP contribution in [0.2, 0.25) is 0 Å². The average Bonchev–Trinajstić information content (AvgIpc) is 2.99. The molecule has 2 aliphatic heterocycles. The molecule has 3 atom stereocenters. The van der Waals surface area contributed by atoms with Crippen molar-refractivity contribution in [1.82, 2.24) is 4.90 Å². The van der Waals surface area contributed by atoms with Gasteiger partial charge in [0.2, 0.25) is 5.91 Å². The molecule has 0 aromatic carbocycles. The highest BCUT2D eigenvalue weighted by atomic mass is 79.9. The highest BCUT2D eigenvalue weighted by molar-refractivity contribution is 9.09. The van der Waals surface area contributed by atoms with Crippen LogP contribution in [0.25, 0.3) is 0 Å². The van der Waals surface area contributed by atoms with Crippen molar-refractivity contribution >= 4 is 33.9 Å². The number of alkyl halides is 1. The van der Waals surface area contributed by atoms with Gasteiger partial charge in [0.1, 0.15) is 12.7 Å². The SMILES string of the molecule is CC(C)[C@H]1COC(=O)N1C(=O)[C@H]1CC(=O)O[C@@H]1CCCBr. The first kappa shape index (κ1) is 16.3. The number of carbonyl (C=O) groups is 3. The summed E-state index contributed by atoms with van der Waals surface area (Å²) in [5, 5.41) is 0.780. The van der Waals surface area contributed by atoms with E-state index in [1.807, 2.05) is 13.8 Å². The Morgan fingerprint density at radius 3 is 2.76 bits per heavy atom. The Kier molecular flexibility index (Phi) is 5.24. The van der Waals surface area contributed by atoms with Crippen molar-refractivity contribution in [2.75, 3.05) is 11.9 Å². The Morgan fingerprint density at radius 2 is 2.14 bits per heavy atom. The van der Waals surface area contributed by atoms with Crippen LogP contribution in [0.5, 0.6) is 0 Å². The highest BCUT2D eigenvalue weighted by Crippen LogP contribution is 2.31. The van der Waals surface area contributed by atoms with Gasteiger partial charge in [0.15, 0.2) is 0 Å². The van der Waals surface area contributed by atoms with Crippen molar-refractivity contribution < 1.29 is 23.9 Å². The summed E-state index contributed by atoms with van der Waals surface area (Å²) in [5.41, 5.74) is 0. The first-order valence-corrected chi connectivity index (χ1v) is 8.33. The number of hydrogen-bond donors (Lipinski definition) is 0. The molecule has 2 aliphatic rings. The quantitative estimate of drug-likeness (QED) is 0.553. The smallest absolute Gasteiger partial charge is 0.416 e. The Balaban J connectivity index is 2.13. The topological polar surface area (TPSA) is 72.9 Å². The van der Waals surface area contributed by atoms with E-state index in [2.05, 4.69) is 15.9 Å². The summed E-state index contributed by atoms with van der Waals surface area (Å²) in [6, 6.07) is -0.266. The van der Waals surface area contributed by atoms with E-state index in [1.165, 1.54) is 4.90 Å². The Labute approximate surface area is 132 Å². The minimum Gasteiger partial charge on any atom is -0.461 e. The van der Waals surface area contributed by atoms with Crippen LogP contribution in [-0.2, 0) is 19.1 Å². The lowest BCUT2D eigenvalue weighted by Gasteiger charge is -2.26. The third-order valence-corrected chi connectivity index (χ3v) is 4.53. The predicted octanol–water partition coefficient (Wildman–Crippen LogP) is 2.10. The molecule has 2 saturated heterocycles. The molecule has 2 heterocycles. The fourth-order valence-corrected chi connectivity index (χ4v) is 3.08. The zero-order valence-electron chi connectivity index (χ0n) is 12.2. The third kappa shape index (κ3) is 3.39. The van der Waals surface area contributed by atoms with Crippen LogP contribution in [0.1, 0.15) is 33.1 Å². The minimum atomic E-state index is -0.614. The van der Waals surface area contributed by atoms with Crippen molar-refractivity contribution in [3.63, 3.8) is 0 Å². The summed E-state index contributed by atoms with van der Waals surface area (Å²) in [6.45, 7) is 4.09. The van der Waals surface area contributed by atoms with Crippen LogP contribution in [-0.4, -0.2) is 47.0 Å². The summed E-state index contributed by atoms with van der Waals surface area (Å²) in [6.07, 6.45) is 0.407. The lowest BCUT2D eigenvalue weighted by molar-refractivity contribution is -0.142. The van der Waals surface area contributed by atoms with Gasteiger partial charge in [-0.3, -0.25) is 9.59 Å². The molecule has 21 heavy (non-hydrogen) atoms. The molecule has 0 bridgehead atoms. The number of imide groups is 1. The largest absolute Gasteiger partial charge is 0.461 e. The monoisotopic (exact) mass is 361 g/mol. The van der Waals surface area contributed by atoms with Crippen molar-refractivity contribution in [3.05, 3.63) is 0 Å². The normalized spacial score (nSPS) is 29.0. The number of nitrogens with zero attached hydrogens (tertiary/aromatic N) is 1. The number of ether oxygens (including phenoxy) is 2. The molecule has 118 valence electrons. The van der Waals surface area contributed by atoms with E-state index < -0.39 is 18.1 Å². The van der Waals surface area contributed by atoms with Gasteiger partial charge in [0, 0.05) is 5.33 Å². The molecular weight excluding hydrogens is 342 g/mol. The maximum absolute atomic E-state index is 12.7. The van der Waals surface area contributed by atoms with Gasteiger partial charge in [-0.15, -0.1) is 0 Å². The van der Waals surface area contributed by atoms with Gasteiger partial charge in [0.05, 0.1) is 18.4 Å². The number of carbonyl (C=O) groups excluding carboxylic acids is 3. The predicted molar refractivity (Wildman–Crippen MR) is 77.8 cm³/mol. The van der Waals surface area contributed by atoms with Gasteiger partial charge in [-0.2, -0.15) is 0 Å². The summed E-state index contributed by atoms with van der Waals surface area (Å²) in [5.74, 6) is -1.19. The molecule has 0 aromatic rings. The van der Waals surface area contributed by atoms with Gasteiger partial charge < -0.3 is 9.47 Å². The van der Waals surface area contributed by atoms with E-state index in [0.29, 0.717) is 6.42 Å². The van der Waals surface area contributed by atoms with Crippen LogP contribution in [0, 0.1) is 11.8 Å². The van der Waals surface area contributed by atoms with Crippen LogP contribution >= 0.6 is 15.9 Å². The minimum absolute atomic E-state index is 0.0420. The van der Waals surface area contributed by atoms with Crippen LogP contribution in [0.4, 0.5) is 4.79 Å². The fraction of sp³-hybridized carbons (Fsp3) is 0.786. The molecule has 0 aromatic heterocycles. The second-order valence-corrected chi connectivity index (χ2v) is 6.56. The molecule has 2 rings (SSSR count). The first-order valence-electron chi connectivity index (χ1n) is 7.21. The second kappa shape index (κ2) is 6.77. The summed E-state index contributed by atoms with van der Waals surface area (Å²) >= 11 is 3.32. The van der Waals surface area contributed by atoms with Crippen LogP contribution in [0.3, 0.4) is 0 Å². The number of hydrogen-bond acceptors (Lipinski definition) is 5. The van der Waals surface area contributed by atoms with Gasteiger partial charge in [-0.25, -0.2) is 9.69 Å². The Bertz CT molecular complexity index is 439. The van der Waals surface area contributed by atoms with Gasteiger partial charge >= 0.3 is 12.1 Å². The number of amides is 2. The maximum atomic E-state index is 12.7. The molecule has 0 saturated carbocycles. The van der Waals surface area contributed by atoms with E-state index in [-0.39, 0.29) is 36.9 Å².